The van der Waals surface area contributed by atoms with Gasteiger partial charge in [-0.1, -0.05) is 111 Å². The van der Waals surface area contributed by atoms with Crippen molar-refractivity contribution in [2.24, 2.45) is 10.9 Å². The number of carbonyl (C=O) groups is 1. The van der Waals surface area contributed by atoms with E-state index in [1.807, 2.05) is 97.1 Å². The van der Waals surface area contributed by atoms with Crippen LogP contribution >= 0.6 is 0 Å². The normalized spacial score (nSPS) is 17.8. The molecule has 1 aliphatic heterocycles. The van der Waals surface area contributed by atoms with E-state index in [0.29, 0.717) is 37.6 Å². The van der Waals surface area contributed by atoms with E-state index < -0.39 is 11.6 Å². The number of benzene rings is 4. The molecule has 1 aliphatic rings. The summed E-state index contributed by atoms with van der Waals surface area (Å²) in [6.45, 7) is 5.20. The summed E-state index contributed by atoms with van der Waals surface area (Å²) >= 11 is 0. The summed E-state index contributed by atoms with van der Waals surface area (Å²) in [5, 5.41) is 12.2. The molecule has 44 heavy (non-hydrogen) atoms. The Morgan fingerprint density at radius 2 is 1.55 bits per heavy atom. The molecule has 0 fully saturated rings. The molecule has 4 aromatic carbocycles. The second kappa shape index (κ2) is 14.7. The fourth-order valence-corrected chi connectivity index (χ4v) is 5.18. The summed E-state index contributed by atoms with van der Waals surface area (Å²) < 4.78 is 12.4. The third kappa shape index (κ3) is 7.44. The van der Waals surface area contributed by atoms with Crippen LogP contribution in [-0.2, 0) is 9.53 Å². The predicted molar refractivity (Wildman–Crippen MR) is 177 cm³/mol. The average molecular weight is 589 g/mol. The van der Waals surface area contributed by atoms with Crippen molar-refractivity contribution in [2.45, 2.75) is 38.3 Å². The van der Waals surface area contributed by atoms with E-state index in [2.05, 4.69) is 43.4 Å². The first-order valence-corrected chi connectivity index (χ1v) is 15.2. The lowest BCUT2D eigenvalue weighted by Gasteiger charge is -2.30. The Labute approximate surface area is 260 Å². The monoisotopic (exact) mass is 588 g/mol. The molecule has 1 heterocycles. The van der Waals surface area contributed by atoms with Crippen LogP contribution in [0.25, 0.3) is 17.2 Å². The molecule has 6 nitrogen and oxygen atoms in total. The van der Waals surface area contributed by atoms with Gasteiger partial charge in [0.15, 0.2) is 11.6 Å². The molecule has 2 atom stereocenters. The summed E-state index contributed by atoms with van der Waals surface area (Å²) in [7, 11) is 0. The van der Waals surface area contributed by atoms with Gasteiger partial charge in [-0.15, -0.1) is 0 Å². The maximum Gasteiger partial charge on any atom is 0.252 e. The molecule has 0 aliphatic carbocycles. The number of carbonyl (C=O) groups excluding carboxylic acids is 1. The molecular weight excluding hydrogens is 548 g/mol. The quantitative estimate of drug-likeness (QED) is 0.161. The van der Waals surface area contributed by atoms with Crippen LogP contribution in [0.1, 0.15) is 49.5 Å². The van der Waals surface area contributed by atoms with Crippen LogP contribution in [0.5, 0.6) is 5.75 Å². The van der Waals surface area contributed by atoms with Crippen LogP contribution < -0.4 is 10.1 Å². The van der Waals surface area contributed by atoms with E-state index in [0.717, 1.165) is 27.8 Å². The smallest absolute Gasteiger partial charge is 0.252 e. The second-order valence-corrected chi connectivity index (χ2v) is 11.4. The lowest BCUT2D eigenvalue weighted by molar-refractivity contribution is -0.129. The van der Waals surface area contributed by atoms with Gasteiger partial charge in [0, 0.05) is 31.6 Å². The van der Waals surface area contributed by atoms with Gasteiger partial charge >= 0.3 is 0 Å². The number of nitrogens with zero attached hydrogens (tertiary/aromatic N) is 1. The average Bonchev–Trinajstić information content (AvgIpc) is 3.46. The zero-order valence-corrected chi connectivity index (χ0v) is 25.4. The largest absolute Gasteiger partial charge is 0.494 e. The zero-order chi connectivity index (χ0) is 30.8. The van der Waals surface area contributed by atoms with Crippen LogP contribution in [0.2, 0.25) is 0 Å². The van der Waals surface area contributed by atoms with Crippen molar-refractivity contribution in [1.82, 2.24) is 5.32 Å². The summed E-state index contributed by atoms with van der Waals surface area (Å²) in [5.74, 6) is 1.22. The minimum Gasteiger partial charge on any atom is -0.494 e. The third-order valence-electron chi connectivity index (χ3n) is 7.56. The number of hydrogen-bond acceptors (Lipinski definition) is 5. The SMILES string of the molecule is CC(C)CNC(=O)[C@]1(C/C=C/c2ccccc2)N=C(c2ccc(OCCCO)cc2)O[C@@H]1c1ccc(-c2ccccc2)cc1. The van der Waals surface area contributed by atoms with Crippen molar-refractivity contribution in [3.63, 3.8) is 0 Å². The van der Waals surface area contributed by atoms with Crippen molar-refractivity contribution in [2.75, 3.05) is 19.8 Å². The Bertz CT molecular complexity index is 1550. The minimum absolute atomic E-state index is 0.0795. The van der Waals surface area contributed by atoms with Crippen molar-refractivity contribution in [3.05, 3.63) is 132 Å². The van der Waals surface area contributed by atoms with Gasteiger partial charge < -0.3 is 19.9 Å². The Morgan fingerprint density at radius 3 is 2.20 bits per heavy atom. The van der Waals surface area contributed by atoms with E-state index in [9.17, 15) is 4.79 Å². The number of aliphatic hydroxyl groups is 1. The molecule has 4 aromatic rings. The van der Waals surface area contributed by atoms with E-state index in [4.69, 9.17) is 19.6 Å². The van der Waals surface area contributed by atoms with Crippen molar-refractivity contribution in [3.8, 4) is 16.9 Å². The molecule has 1 amide bonds. The van der Waals surface area contributed by atoms with Crippen LogP contribution in [0.3, 0.4) is 0 Å². The maximum absolute atomic E-state index is 14.2. The van der Waals surface area contributed by atoms with Gasteiger partial charge in [0.05, 0.1) is 6.61 Å². The van der Waals surface area contributed by atoms with Crippen molar-refractivity contribution >= 4 is 17.9 Å². The second-order valence-electron chi connectivity index (χ2n) is 11.4. The first-order chi connectivity index (χ1) is 21.5. The Balaban J connectivity index is 1.53. The summed E-state index contributed by atoms with van der Waals surface area (Å²) in [6.07, 6.45) is 4.31. The standard InChI is InChI=1S/C38H40N2O4/c1-28(2)27-39-37(42)38(24-9-13-29-11-5-3-6-12-29)35(32-18-16-31(17-19-32)30-14-7-4-8-15-30)44-36(40-38)33-20-22-34(23-21-33)43-26-10-25-41/h3-9,11-23,28,35,41H,10,24-27H2,1-2H3,(H,39,42)/b13-9+/t35-,38-/m1/s1. The molecule has 2 N–H and O–H groups in total. The van der Waals surface area contributed by atoms with Gasteiger partial charge in [-0.25, -0.2) is 4.99 Å². The highest BCUT2D eigenvalue weighted by atomic mass is 16.5. The molecule has 0 spiro atoms. The molecule has 0 saturated carbocycles. The topological polar surface area (TPSA) is 80.2 Å². The maximum atomic E-state index is 14.2. The summed E-state index contributed by atoms with van der Waals surface area (Å²) in [5.41, 5.74) is 3.67. The van der Waals surface area contributed by atoms with Crippen LogP contribution in [0.4, 0.5) is 0 Å². The van der Waals surface area contributed by atoms with Gasteiger partial charge in [-0.05, 0) is 52.4 Å². The van der Waals surface area contributed by atoms with E-state index in [1.165, 1.54) is 0 Å². The highest BCUT2D eigenvalue weighted by Gasteiger charge is 2.52. The van der Waals surface area contributed by atoms with Gasteiger partial charge in [0.25, 0.3) is 5.91 Å². The number of amides is 1. The van der Waals surface area contributed by atoms with Gasteiger partial charge in [0.1, 0.15) is 5.75 Å². The van der Waals surface area contributed by atoms with E-state index >= 15 is 0 Å². The van der Waals surface area contributed by atoms with Crippen LogP contribution in [0.15, 0.2) is 120 Å². The van der Waals surface area contributed by atoms with E-state index in [-0.39, 0.29) is 18.4 Å². The number of hydrogen-bond donors (Lipinski definition) is 2. The van der Waals surface area contributed by atoms with Gasteiger partial charge in [0.2, 0.25) is 5.90 Å². The number of rotatable bonds is 13. The molecular formula is C38H40N2O4. The number of nitrogens with one attached hydrogen (secondary N) is 1. The van der Waals surface area contributed by atoms with E-state index in [1.54, 1.807) is 0 Å². The Morgan fingerprint density at radius 1 is 0.909 bits per heavy atom. The summed E-state index contributed by atoms with van der Waals surface area (Å²) in [4.78, 5) is 19.3. The Hall–Kier alpha value is -4.68. The molecule has 0 radical (unpaired) electrons. The number of aliphatic hydroxyl groups excluding tert-OH is 1. The molecule has 0 bridgehead atoms. The first-order valence-electron chi connectivity index (χ1n) is 15.2. The summed E-state index contributed by atoms with van der Waals surface area (Å²) in [6, 6.07) is 36.0. The molecule has 6 heteroatoms. The molecule has 226 valence electrons. The molecule has 5 rings (SSSR count). The number of aliphatic imine (C=N–C) groups is 1. The first kappa shape index (κ1) is 30.8. The van der Waals surface area contributed by atoms with Crippen LogP contribution in [-0.4, -0.2) is 42.2 Å². The Kier molecular flexibility index (Phi) is 10.3. The number of ether oxygens (including phenoxy) is 2. The highest BCUT2D eigenvalue weighted by molar-refractivity contribution is 6.01. The minimum atomic E-state index is -1.22. The fraction of sp³-hybridized carbons (Fsp3) is 0.263. The fourth-order valence-electron chi connectivity index (χ4n) is 5.18. The highest BCUT2D eigenvalue weighted by Crippen LogP contribution is 2.43. The van der Waals surface area contributed by atoms with Gasteiger partial charge in [-0.2, -0.15) is 0 Å². The molecule has 0 aromatic heterocycles. The zero-order valence-electron chi connectivity index (χ0n) is 25.4. The lowest BCUT2D eigenvalue weighted by atomic mass is 9.83. The predicted octanol–water partition coefficient (Wildman–Crippen LogP) is 7.25. The van der Waals surface area contributed by atoms with Crippen LogP contribution in [0, 0.1) is 5.92 Å². The van der Waals surface area contributed by atoms with Crippen molar-refractivity contribution < 1.29 is 19.4 Å². The third-order valence-corrected chi connectivity index (χ3v) is 7.56. The van der Waals surface area contributed by atoms with Crippen molar-refractivity contribution in [1.29, 1.82) is 0 Å². The molecule has 0 saturated heterocycles. The molecule has 0 unspecified atom stereocenters. The van der Waals surface area contributed by atoms with Gasteiger partial charge in [-0.3, -0.25) is 4.79 Å². The lowest BCUT2D eigenvalue weighted by Crippen LogP contribution is -2.48.